The van der Waals surface area contributed by atoms with E-state index in [4.69, 9.17) is 4.74 Å². The molecule has 25 heteroatoms. The van der Waals surface area contributed by atoms with Gasteiger partial charge in [0.15, 0.2) is 76.4 Å². The fourth-order valence-electron chi connectivity index (χ4n) is 7.13. The van der Waals surface area contributed by atoms with Crippen molar-refractivity contribution in [3.63, 3.8) is 0 Å². The fourth-order valence-corrected chi connectivity index (χ4v) is 8.05. The van der Waals surface area contributed by atoms with Crippen LogP contribution >= 0.6 is 11.3 Å². The average Bonchev–Trinajstić information content (AvgIpc) is 3.71. The Kier molecular flexibility index (Phi) is 13.0. The molecule has 0 saturated heterocycles. The van der Waals surface area contributed by atoms with E-state index in [2.05, 4.69) is 16.7 Å². The van der Waals surface area contributed by atoms with Gasteiger partial charge in [-0.1, -0.05) is 47.7 Å². The van der Waals surface area contributed by atoms with Crippen LogP contribution in [0.5, 0.6) is 0 Å². The first-order valence-electron chi connectivity index (χ1n) is 17.2. The van der Waals surface area contributed by atoms with Crippen LogP contribution in [-0.4, -0.2) is 19.2 Å². The minimum absolute atomic E-state index is 0.296. The molecule has 0 fully saturated rings. The molecule has 0 aliphatic heterocycles. The van der Waals surface area contributed by atoms with Crippen molar-refractivity contribution in [3.05, 3.63) is 182 Å². The van der Waals surface area contributed by atoms with E-state index in [0.29, 0.717) is 5.56 Å². The van der Waals surface area contributed by atoms with E-state index in [0.717, 1.165) is 16.8 Å². The second-order valence-corrected chi connectivity index (χ2v) is 14.2. The molecule has 65 heavy (non-hydrogen) atoms. The van der Waals surface area contributed by atoms with E-state index in [-0.39, 0.29) is 5.97 Å². The molecule has 340 valence electrons. The van der Waals surface area contributed by atoms with Crippen LogP contribution in [0.3, 0.4) is 0 Å². The van der Waals surface area contributed by atoms with Crippen molar-refractivity contribution >= 4 is 55.5 Å². The summed E-state index contributed by atoms with van der Waals surface area (Å²) in [6.07, 6.45) is -7.22. The van der Waals surface area contributed by atoms with Crippen molar-refractivity contribution in [3.8, 4) is 0 Å². The number of methoxy groups -OCH3 is 1. The van der Waals surface area contributed by atoms with Crippen LogP contribution in [0.15, 0.2) is 54.0 Å². The summed E-state index contributed by atoms with van der Waals surface area (Å²) in [5.41, 5.74) is -9.53. The molecule has 0 spiro atoms. The van der Waals surface area contributed by atoms with Gasteiger partial charge >= 0.3 is 5.97 Å². The van der Waals surface area contributed by atoms with E-state index in [1.54, 1.807) is 11.3 Å². The van der Waals surface area contributed by atoms with E-state index in [1.807, 2.05) is 41.9 Å². The number of carbonyl (C=O) groups is 1. The summed E-state index contributed by atoms with van der Waals surface area (Å²) >= 11 is 1.63. The first kappa shape index (κ1) is 47.8. The number of rotatable bonds is 7. The molecular formula is C40H14BF20NO2S. The van der Waals surface area contributed by atoms with Gasteiger partial charge in [-0.05, 0) is 12.1 Å². The molecule has 7 aromatic rings. The molecule has 0 aliphatic carbocycles. The Morgan fingerprint density at radius 3 is 1.06 bits per heavy atom. The van der Waals surface area contributed by atoms with Crippen LogP contribution in [0.1, 0.15) is 15.9 Å². The predicted molar refractivity (Wildman–Crippen MR) is 188 cm³/mol. The lowest BCUT2D eigenvalue weighted by Crippen LogP contribution is -2.81. The minimum atomic E-state index is -7.22. The topological polar surface area (TPSA) is 30.2 Å². The second kappa shape index (κ2) is 17.7. The Bertz CT molecular complexity index is 2710. The van der Waals surface area contributed by atoms with Gasteiger partial charge in [0.25, 0.3) is 0 Å². The molecule has 0 saturated carbocycles. The number of hydrogen-bond donors (Lipinski definition) is 0. The van der Waals surface area contributed by atoms with Gasteiger partial charge < -0.3 is 4.74 Å². The molecule has 0 bridgehead atoms. The highest BCUT2D eigenvalue weighted by atomic mass is 32.1. The zero-order valence-electron chi connectivity index (χ0n) is 31.2. The number of nitrogens with zero attached hydrogens (tertiary/aromatic N) is 1. The van der Waals surface area contributed by atoms with Crippen molar-refractivity contribution in [2.75, 3.05) is 7.11 Å². The monoisotopic (exact) mass is 963 g/mol. The number of halogens is 20. The molecule has 1 heterocycles. The SMILES string of the molecule is COC(=O)c1cccc2sc[n+](Cc3ccccc3)c12.Fc1c(F)c(F)c([B-](c2c(F)c(F)c(F)c(F)c2F)(c2c(F)c(F)c(F)c(F)c2F)c2c(F)c(F)c(F)c(F)c2F)c(F)c1F. The third-order valence-electron chi connectivity index (χ3n) is 9.90. The Balaban J connectivity index is 0.000000289. The summed E-state index contributed by atoms with van der Waals surface area (Å²) in [4.78, 5) is 11.9. The molecule has 0 atom stereocenters. The molecule has 3 nitrogen and oxygen atoms in total. The molecular weight excluding hydrogens is 949 g/mol. The fraction of sp³-hybridized carbons (Fsp3) is 0.0500. The van der Waals surface area contributed by atoms with Gasteiger partial charge in [0.1, 0.15) is 62.9 Å². The zero-order chi connectivity index (χ0) is 48.3. The number of hydrogen-bond acceptors (Lipinski definition) is 3. The van der Waals surface area contributed by atoms with E-state index in [9.17, 15) is 57.5 Å². The molecule has 6 aromatic carbocycles. The predicted octanol–water partition coefficient (Wildman–Crippen LogP) is 8.87. The van der Waals surface area contributed by atoms with Crippen LogP contribution < -0.4 is 26.4 Å². The Morgan fingerprint density at radius 1 is 0.446 bits per heavy atom. The lowest BCUT2D eigenvalue weighted by molar-refractivity contribution is -0.658. The van der Waals surface area contributed by atoms with Crippen molar-refractivity contribution in [1.82, 2.24) is 0 Å². The van der Waals surface area contributed by atoms with Crippen molar-refractivity contribution in [2.24, 2.45) is 0 Å². The summed E-state index contributed by atoms with van der Waals surface area (Å²) in [7, 11) is 1.41. The number of aromatic nitrogens is 1. The second-order valence-electron chi connectivity index (χ2n) is 13.3. The van der Waals surface area contributed by atoms with Gasteiger partial charge in [0, 0.05) is 5.56 Å². The van der Waals surface area contributed by atoms with Gasteiger partial charge in [0.05, 0.1) is 7.11 Å². The number of carbonyl (C=O) groups excluding carboxylic acids is 1. The van der Waals surface area contributed by atoms with Gasteiger partial charge in [0.2, 0.25) is 11.0 Å². The van der Waals surface area contributed by atoms with E-state index >= 15 is 35.1 Å². The molecule has 0 unspecified atom stereocenters. The van der Waals surface area contributed by atoms with Crippen LogP contribution in [0.25, 0.3) is 10.2 Å². The summed E-state index contributed by atoms with van der Waals surface area (Å²) in [6.45, 7) is 0.745. The normalized spacial score (nSPS) is 11.6. The highest BCUT2D eigenvalue weighted by Crippen LogP contribution is 2.31. The lowest BCUT2D eigenvalue weighted by atomic mass is 9.12. The van der Waals surface area contributed by atoms with Gasteiger partial charge in [-0.15, -0.1) is 21.9 Å². The molecule has 0 aliphatic rings. The number of fused-ring (bicyclic) bond motifs is 1. The molecule has 0 radical (unpaired) electrons. The van der Waals surface area contributed by atoms with Crippen LogP contribution in [0.4, 0.5) is 87.8 Å². The average molecular weight is 963 g/mol. The molecule has 1 aromatic heterocycles. The van der Waals surface area contributed by atoms with Gasteiger partial charge in [-0.3, -0.25) is 0 Å². The van der Waals surface area contributed by atoms with Crippen LogP contribution in [0, 0.1) is 116 Å². The minimum Gasteiger partial charge on any atom is -0.465 e. The molecule has 0 amide bonds. The maximum absolute atomic E-state index is 15.4. The smallest absolute Gasteiger partial charge is 0.344 e. The number of para-hydroxylation sites is 1. The summed E-state index contributed by atoms with van der Waals surface area (Å²) in [5, 5.41) is 0. The number of esters is 1. The van der Waals surface area contributed by atoms with Crippen LogP contribution in [-0.2, 0) is 11.3 Å². The molecule has 7 rings (SSSR count). The zero-order valence-corrected chi connectivity index (χ0v) is 32.0. The first-order chi connectivity index (χ1) is 30.5. The van der Waals surface area contributed by atoms with Gasteiger partial charge in [-0.2, -0.15) is 4.57 Å². The lowest BCUT2D eigenvalue weighted by Gasteiger charge is -2.44. The third-order valence-corrected chi connectivity index (χ3v) is 10.8. The maximum atomic E-state index is 15.4. The summed E-state index contributed by atoms with van der Waals surface area (Å²) in [6, 6.07) is 15.9. The maximum Gasteiger partial charge on any atom is 0.344 e. The Labute approximate surface area is 352 Å². The highest BCUT2D eigenvalue weighted by Gasteiger charge is 2.52. The van der Waals surface area contributed by atoms with Crippen molar-refractivity contribution < 1.29 is 102 Å². The van der Waals surface area contributed by atoms with Gasteiger partial charge in [-0.25, -0.2) is 92.6 Å². The van der Waals surface area contributed by atoms with E-state index < -0.39 is 144 Å². The Hall–Kier alpha value is -6.66. The van der Waals surface area contributed by atoms with E-state index in [1.165, 1.54) is 12.7 Å². The Morgan fingerprint density at radius 2 is 0.754 bits per heavy atom. The summed E-state index contributed by atoms with van der Waals surface area (Å²) < 4.78 is 302. The largest absolute Gasteiger partial charge is 0.465 e. The summed E-state index contributed by atoms with van der Waals surface area (Å²) in [5.74, 6) is -71.7. The first-order valence-corrected chi connectivity index (χ1v) is 18.1. The highest BCUT2D eigenvalue weighted by molar-refractivity contribution is 7.20. The van der Waals surface area contributed by atoms with Crippen molar-refractivity contribution in [1.29, 1.82) is 0 Å². The van der Waals surface area contributed by atoms with Crippen molar-refractivity contribution in [2.45, 2.75) is 6.54 Å². The standard InChI is InChI=1S/C24BF20.C16H14NO2S/c26-5-1(6(27)14(35)21(42)13(5)34)25(2-7(28)15(36)22(43)16(37)8(2)29,3-9(30)17(38)23(44)18(39)10(3)31)4-11(32)19(40)24(45)20(41)12(4)33;1-19-16(18)13-8-5-9-14-15(13)17(11-20-14)10-12-6-3-2-4-7-12/h;2-9,11H,10H2,1H3/q-1;+1. The molecule has 0 N–H and O–H groups in total. The quantitative estimate of drug-likeness (QED) is 0.0400. The number of benzene rings is 6. The third kappa shape index (κ3) is 7.37. The van der Waals surface area contributed by atoms with Crippen LogP contribution in [0.2, 0.25) is 0 Å². The number of thiazole rings is 1. The number of ether oxygens (including phenoxy) is 1.